The van der Waals surface area contributed by atoms with E-state index < -0.39 is 17.2 Å². The summed E-state index contributed by atoms with van der Waals surface area (Å²) in [6.45, 7) is 3.92. The number of hydrogen-bond donors (Lipinski definition) is 0. The molecule has 0 aliphatic heterocycles. The van der Waals surface area contributed by atoms with Crippen LogP contribution >= 0.6 is 0 Å². The number of hydrogen-bond acceptors (Lipinski definition) is 2. The molecule has 1 atom stereocenters. The van der Waals surface area contributed by atoms with Crippen molar-refractivity contribution in [1.82, 2.24) is 4.90 Å². The number of benzene rings is 2. The van der Waals surface area contributed by atoms with Gasteiger partial charge in [-0.3, -0.25) is 4.79 Å². The monoisotopic (exact) mass is 405 g/mol. The maximum absolute atomic E-state index is 14.0. The Morgan fingerprint density at radius 2 is 1.55 bits per heavy atom. The molecule has 2 aromatic rings. The van der Waals surface area contributed by atoms with Gasteiger partial charge < -0.3 is 9.64 Å². The van der Waals surface area contributed by atoms with E-state index in [9.17, 15) is 18.0 Å². The first kappa shape index (κ1) is 21.2. The lowest BCUT2D eigenvalue weighted by Gasteiger charge is -2.38. The average molecular weight is 405 g/mol. The Hall–Kier alpha value is -2.50. The highest BCUT2D eigenvalue weighted by molar-refractivity contribution is 5.93. The number of halogens is 3. The molecule has 156 valence electrons. The lowest BCUT2D eigenvalue weighted by molar-refractivity contribution is -0.141. The molecule has 3 rings (SSSR count). The first-order valence-electron chi connectivity index (χ1n) is 9.93. The Kier molecular flexibility index (Phi) is 5.92. The van der Waals surface area contributed by atoms with E-state index in [1.165, 1.54) is 12.1 Å². The number of amides is 1. The minimum absolute atomic E-state index is 0.0281. The number of carbonyl (C=O) groups excluding carboxylic acids is 1. The van der Waals surface area contributed by atoms with E-state index >= 15 is 0 Å². The number of nitrogens with zero attached hydrogens (tertiary/aromatic N) is 1. The van der Waals surface area contributed by atoms with Crippen molar-refractivity contribution in [2.45, 2.75) is 50.7 Å². The van der Waals surface area contributed by atoms with E-state index in [0.717, 1.165) is 18.9 Å². The topological polar surface area (TPSA) is 29.5 Å². The summed E-state index contributed by atoms with van der Waals surface area (Å²) < 4.78 is 47.6. The van der Waals surface area contributed by atoms with Gasteiger partial charge >= 0.3 is 6.18 Å². The van der Waals surface area contributed by atoms with Crippen LogP contribution in [0.15, 0.2) is 48.5 Å². The normalized spacial score (nSPS) is 16.2. The lowest BCUT2D eigenvalue weighted by atomic mass is 9.69. The molecule has 1 aliphatic carbocycles. The lowest BCUT2D eigenvalue weighted by Crippen LogP contribution is -2.48. The van der Waals surface area contributed by atoms with E-state index in [4.69, 9.17) is 4.74 Å². The zero-order valence-electron chi connectivity index (χ0n) is 16.9. The molecule has 0 bridgehead atoms. The second kappa shape index (κ2) is 8.09. The minimum atomic E-state index is -4.57. The third-order valence-electron chi connectivity index (χ3n) is 5.65. The Bertz CT molecular complexity index is 876. The molecule has 0 heterocycles. The van der Waals surface area contributed by atoms with Crippen molar-refractivity contribution in [3.63, 3.8) is 0 Å². The molecule has 6 heteroatoms. The predicted molar refractivity (Wildman–Crippen MR) is 106 cm³/mol. The number of rotatable bonds is 7. The predicted octanol–water partition coefficient (Wildman–Crippen LogP) is 5.42. The van der Waals surface area contributed by atoms with Crippen molar-refractivity contribution in [2.75, 3.05) is 13.7 Å². The maximum atomic E-state index is 14.0. The van der Waals surface area contributed by atoms with Gasteiger partial charge in [0.15, 0.2) is 0 Å². The van der Waals surface area contributed by atoms with Crippen LogP contribution in [0.25, 0.3) is 0 Å². The van der Waals surface area contributed by atoms with Gasteiger partial charge in [0.25, 0.3) is 0 Å². The number of para-hydroxylation sites is 1. The fraction of sp³-hybridized carbons (Fsp3) is 0.435. The van der Waals surface area contributed by atoms with Gasteiger partial charge in [0.1, 0.15) is 11.2 Å². The van der Waals surface area contributed by atoms with Gasteiger partial charge in [0.2, 0.25) is 5.91 Å². The molecule has 0 spiro atoms. The van der Waals surface area contributed by atoms with Crippen LogP contribution in [0.3, 0.4) is 0 Å². The first-order chi connectivity index (χ1) is 13.8. The minimum Gasteiger partial charge on any atom is -0.494 e. The molecule has 1 saturated carbocycles. The average Bonchev–Trinajstić information content (AvgIpc) is 3.54. The molecule has 0 aromatic heterocycles. The van der Waals surface area contributed by atoms with Crippen molar-refractivity contribution in [1.29, 1.82) is 0 Å². The molecule has 1 unspecified atom stereocenters. The SMILES string of the molecule is CCOc1ccccc1C(CC)(C(=O)N(C)C1CC1)c1ccccc1C(F)(F)F. The van der Waals surface area contributed by atoms with Crippen molar-refractivity contribution >= 4 is 5.91 Å². The third-order valence-corrected chi connectivity index (χ3v) is 5.65. The standard InChI is InChI=1S/C23H26F3NO2/c1-4-22(21(28)27(3)16-14-15-16,19-12-8-9-13-20(19)29-5-2)17-10-6-7-11-18(17)23(24,25)26/h6-13,16H,4-5,14-15H2,1-3H3. The largest absolute Gasteiger partial charge is 0.494 e. The second-order valence-electron chi connectivity index (χ2n) is 7.38. The Balaban J connectivity index is 2.33. The van der Waals surface area contributed by atoms with Gasteiger partial charge in [-0.15, -0.1) is 0 Å². The number of carbonyl (C=O) groups is 1. The number of likely N-dealkylation sites (N-methyl/N-ethyl adjacent to an activating group) is 1. The summed E-state index contributed by atoms with van der Waals surface area (Å²) in [6.07, 6.45) is -2.65. The van der Waals surface area contributed by atoms with E-state index in [1.54, 1.807) is 49.2 Å². The Labute approximate surface area is 169 Å². The smallest absolute Gasteiger partial charge is 0.416 e. The summed E-state index contributed by atoms with van der Waals surface area (Å²) in [5.41, 5.74) is -1.83. The molecular formula is C23H26F3NO2. The summed E-state index contributed by atoms with van der Waals surface area (Å²) in [5.74, 6) is 0.109. The highest BCUT2D eigenvalue weighted by atomic mass is 19.4. The molecule has 0 saturated heterocycles. The molecule has 3 nitrogen and oxygen atoms in total. The molecule has 1 amide bonds. The molecule has 0 N–H and O–H groups in total. The fourth-order valence-electron chi connectivity index (χ4n) is 4.04. The van der Waals surface area contributed by atoms with Crippen molar-refractivity contribution in [3.05, 3.63) is 65.2 Å². The van der Waals surface area contributed by atoms with Gasteiger partial charge in [-0.1, -0.05) is 43.3 Å². The van der Waals surface area contributed by atoms with Gasteiger partial charge in [0, 0.05) is 18.7 Å². The quantitative estimate of drug-likeness (QED) is 0.616. The Morgan fingerprint density at radius 3 is 2.07 bits per heavy atom. The van der Waals surface area contributed by atoms with Crippen molar-refractivity contribution in [2.24, 2.45) is 0 Å². The van der Waals surface area contributed by atoms with Gasteiger partial charge in [-0.05, 0) is 43.9 Å². The van der Waals surface area contributed by atoms with E-state index in [-0.39, 0.29) is 23.9 Å². The zero-order valence-corrected chi connectivity index (χ0v) is 16.9. The van der Waals surface area contributed by atoms with E-state index in [2.05, 4.69) is 0 Å². The zero-order chi connectivity index (χ0) is 21.2. The van der Waals surface area contributed by atoms with Crippen molar-refractivity contribution in [3.8, 4) is 5.75 Å². The molecule has 2 aromatic carbocycles. The summed E-state index contributed by atoms with van der Waals surface area (Å²) >= 11 is 0. The maximum Gasteiger partial charge on any atom is 0.416 e. The highest BCUT2D eigenvalue weighted by Gasteiger charge is 2.50. The third kappa shape index (κ3) is 3.85. The molecule has 1 fully saturated rings. The van der Waals surface area contributed by atoms with Gasteiger partial charge in [-0.2, -0.15) is 13.2 Å². The van der Waals surface area contributed by atoms with Gasteiger partial charge in [-0.25, -0.2) is 0 Å². The van der Waals surface area contributed by atoms with Crippen LogP contribution < -0.4 is 4.74 Å². The summed E-state index contributed by atoms with van der Waals surface area (Å²) in [6, 6.07) is 12.4. The molecule has 29 heavy (non-hydrogen) atoms. The number of alkyl halides is 3. The van der Waals surface area contributed by atoms with Crippen molar-refractivity contribution < 1.29 is 22.7 Å². The van der Waals surface area contributed by atoms with Crippen LogP contribution in [0.5, 0.6) is 5.75 Å². The van der Waals surface area contributed by atoms with Crippen LogP contribution in [0.4, 0.5) is 13.2 Å². The van der Waals surface area contributed by atoms with Gasteiger partial charge in [0.05, 0.1) is 12.2 Å². The van der Waals surface area contributed by atoms with Crippen LogP contribution in [0.2, 0.25) is 0 Å². The van der Waals surface area contributed by atoms with E-state index in [0.29, 0.717) is 17.9 Å². The van der Waals surface area contributed by atoms with Crippen LogP contribution in [-0.2, 0) is 16.4 Å². The van der Waals surface area contributed by atoms with E-state index in [1.807, 2.05) is 6.92 Å². The summed E-state index contributed by atoms with van der Waals surface area (Å²) in [7, 11) is 1.68. The first-order valence-corrected chi connectivity index (χ1v) is 9.93. The number of ether oxygens (including phenoxy) is 1. The molecule has 0 radical (unpaired) electrons. The molecular weight excluding hydrogens is 379 g/mol. The highest BCUT2D eigenvalue weighted by Crippen LogP contribution is 2.47. The van der Waals surface area contributed by atoms with Crippen LogP contribution in [0, 0.1) is 0 Å². The summed E-state index contributed by atoms with van der Waals surface area (Å²) in [4.78, 5) is 15.4. The molecule has 1 aliphatic rings. The summed E-state index contributed by atoms with van der Waals surface area (Å²) in [5, 5.41) is 0. The Morgan fingerprint density at radius 1 is 1.00 bits per heavy atom. The fourth-order valence-corrected chi connectivity index (χ4v) is 4.04. The van der Waals surface area contributed by atoms with Crippen LogP contribution in [-0.4, -0.2) is 30.5 Å². The van der Waals surface area contributed by atoms with Crippen LogP contribution in [0.1, 0.15) is 49.8 Å². The second-order valence-corrected chi connectivity index (χ2v) is 7.38.